The number of carbonyl (C=O) groups is 1. The lowest BCUT2D eigenvalue weighted by Gasteiger charge is -2.03. The summed E-state index contributed by atoms with van der Waals surface area (Å²) in [5.41, 5.74) is 1.05. The molecule has 2 heteroatoms. The van der Waals surface area contributed by atoms with E-state index in [0.29, 0.717) is 12.5 Å². The van der Waals surface area contributed by atoms with E-state index in [1.54, 1.807) is 0 Å². The Morgan fingerprint density at radius 3 is 2.38 bits per heavy atom. The minimum absolute atomic E-state index is 0.0404. The van der Waals surface area contributed by atoms with Crippen molar-refractivity contribution in [2.45, 2.75) is 33.8 Å². The zero-order valence-corrected chi connectivity index (χ0v) is 10.3. The Labute approximate surface area is 97.6 Å². The third kappa shape index (κ3) is 3.69. The maximum absolute atomic E-state index is 11.4. The predicted molar refractivity (Wildman–Crippen MR) is 64.9 cm³/mol. The van der Waals surface area contributed by atoms with Crippen LogP contribution in [0.25, 0.3) is 0 Å². The highest BCUT2D eigenvalue weighted by Gasteiger charge is 2.40. The number of esters is 1. The molecule has 1 aliphatic carbocycles. The normalized spacial score (nSPS) is 21.7. The fourth-order valence-corrected chi connectivity index (χ4v) is 1.49. The molecule has 2 nitrogen and oxygen atoms in total. The van der Waals surface area contributed by atoms with Crippen LogP contribution < -0.4 is 0 Å². The number of hydrogen-bond donors (Lipinski definition) is 0. The van der Waals surface area contributed by atoms with Crippen molar-refractivity contribution in [3.05, 3.63) is 35.9 Å². The van der Waals surface area contributed by atoms with Crippen molar-refractivity contribution in [2.24, 2.45) is 11.8 Å². The van der Waals surface area contributed by atoms with Crippen molar-refractivity contribution in [3.63, 3.8) is 0 Å². The Bertz CT molecular complexity index is 319. The molecule has 1 fully saturated rings. The smallest absolute Gasteiger partial charge is 0.309 e. The maximum Gasteiger partial charge on any atom is 0.309 e. The summed E-state index contributed by atoms with van der Waals surface area (Å²) in [6, 6.07) is 9.77. The monoisotopic (exact) mass is 220 g/mol. The number of rotatable bonds is 3. The van der Waals surface area contributed by atoms with Crippen LogP contribution in [-0.2, 0) is 16.1 Å². The molecule has 0 radical (unpaired) electrons. The Balaban J connectivity index is 0.000000606. The molecule has 0 aliphatic heterocycles. The van der Waals surface area contributed by atoms with Gasteiger partial charge in [0, 0.05) is 0 Å². The van der Waals surface area contributed by atoms with Crippen LogP contribution in [0.3, 0.4) is 0 Å². The summed E-state index contributed by atoms with van der Waals surface area (Å²) in [4.78, 5) is 11.4. The van der Waals surface area contributed by atoms with E-state index in [9.17, 15) is 4.79 Å². The van der Waals surface area contributed by atoms with E-state index in [1.807, 2.05) is 44.2 Å². The van der Waals surface area contributed by atoms with E-state index in [0.717, 1.165) is 12.0 Å². The van der Waals surface area contributed by atoms with Gasteiger partial charge in [0.05, 0.1) is 5.92 Å². The lowest BCUT2D eigenvalue weighted by Crippen LogP contribution is -2.07. The first-order valence-corrected chi connectivity index (χ1v) is 5.98. The Morgan fingerprint density at radius 2 is 1.88 bits per heavy atom. The molecule has 1 aromatic rings. The van der Waals surface area contributed by atoms with Gasteiger partial charge >= 0.3 is 5.97 Å². The van der Waals surface area contributed by atoms with Crippen LogP contribution in [0.4, 0.5) is 0 Å². The van der Waals surface area contributed by atoms with Crippen LogP contribution in [0.1, 0.15) is 32.8 Å². The molecule has 0 spiro atoms. The van der Waals surface area contributed by atoms with Gasteiger partial charge in [-0.25, -0.2) is 0 Å². The maximum atomic E-state index is 11.4. The summed E-state index contributed by atoms with van der Waals surface area (Å²) >= 11 is 0. The molecule has 16 heavy (non-hydrogen) atoms. The first kappa shape index (κ1) is 12.8. The Kier molecular flexibility index (Phi) is 5.03. The van der Waals surface area contributed by atoms with Gasteiger partial charge in [-0.2, -0.15) is 0 Å². The summed E-state index contributed by atoms with van der Waals surface area (Å²) in [6.45, 7) is 6.48. The quantitative estimate of drug-likeness (QED) is 0.730. The van der Waals surface area contributed by atoms with Crippen LogP contribution in [0.5, 0.6) is 0 Å². The van der Waals surface area contributed by atoms with E-state index in [2.05, 4.69) is 6.92 Å². The van der Waals surface area contributed by atoms with Crippen molar-refractivity contribution in [1.29, 1.82) is 0 Å². The van der Waals surface area contributed by atoms with Gasteiger partial charge in [-0.1, -0.05) is 51.1 Å². The fourth-order valence-electron chi connectivity index (χ4n) is 1.49. The third-order valence-electron chi connectivity index (χ3n) is 2.64. The van der Waals surface area contributed by atoms with E-state index in [4.69, 9.17) is 4.74 Å². The van der Waals surface area contributed by atoms with Crippen molar-refractivity contribution in [3.8, 4) is 0 Å². The Morgan fingerprint density at radius 1 is 1.31 bits per heavy atom. The summed E-state index contributed by atoms with van der Waals surface area (Å²) in [5.74, 6) is 0.651. The van der Waals surface area contributed by atoms with Crippen LogP contribution in [0.15, 0.2) is 30.3 Å². The summed E-state index contributed by atoms with van der Waals surface area (Å²) in [7, 11) is 0. The molecule has 1 aromatic carbocycles. The molecule has 0 heterocycles. The van der Waals surface area contributed by atoms with E-state index >= 15 is 0 Å². The molecule has 2 rings (SSSR count). The van der Waals surface area contributed by atoms with Gasteiger partial charge in [0.25, 0.3) is 0 Å². The Hall–Kier alpha value is -1.31. The van der Waals surface area contributed by atoms with Gasteiger partial charge in [0.15, 0.2) is 0 Å². The van der Waals surface area contributed by atoms with Crippen LogP contribution in [0, 0.1) is 11.8 Å². The summed E-state index contributed by atoms with van der Waals surface area (Å²) < 4.78 is 5.18. The standard InChI is InChI=1S/C12H14O2.C2H6/c1-9-7-11(9)12(13)14-8-10-5-3-2-4-6-10;1-2/h2-6,9,11H,7-8H2,1H3;1-2H3. The molecule has 2 atom stereocenters. The molecular formula is C14H20O2. The second-order valence-corrected chi connectivity index (χ2v) is 3.91. The van der Waals surface area contributed by atoms with E-state index in [-0.39, 0.29) is 11.9 Å². The predicted octanol–water partition coefficient (Wildman–Crippen LogP) is 3.41. The minimum atomic E-state index is -0.0404. The number of hydrogen-bond acceptors (Lipinski definition) is 2. The fraction of sp³-hybridized carbons (Fsp3) is 0.500. The molecule has 1 saturated carbocycles. The van der Waals surface area contributed by atoms with Gasteiger partial charge < -0.3 is 4.74 Å². The highest BCUT2D eigenvalue weighted by Crippen LogP contribution is 2.38. The van der Waals surface area contributed by atoms with Gasteiger partial charge in [-0.3, -0.25) is 4.79 Å². The van der Waals surface area contributed by atoms with Crippen molar-refractivity contribution in [2.75, 3.05) is 0 Å². The van der Waals surface area contributed by atoms with E-state index in [1.165, 1.54) is 0 Å². The first-order valence-electron chi connectivity index (χ1n) is 5.98. The second kappa shape index (κ2) is 6.31. The first-order chi connectivity index (χ1) is 7.77. The average molecular weight is 220 g/mol. The summed E-state index contributed by atoms with van der Waals surface area (Å²) in [5, 5.41) is 0. The SMILES string of the molecule is CC.CC1CC1C(=O)OCc1ccccc1. The lowest BCUT2D eigenvalue weighted by atomic mass is 10.2. The molecule has 2 unspecified atom stereocenters. The van der Waals surface area contributed by atoms with Crippen LogP contribution in [0.2, 0.25) is 0 Å². The minimum Gasteiger partial charge on any atom is -0.461 e. The molecule has 1 aliphatic rings. The largest absolute Gasteiger partial charge is 0.461 e. The molecule has 0 aromatic heterocycles. The molecule has 0 amide bonds. The number of ether oxygens (including phenoxy) is 1. The molecule has 88 valence electrons. The topological polar surface area (TPSA) is 26.3 Å². The third-order valence-corrected chi connectivity index (χ3v) is 2.64. The molecular weight excluding hydrogens is 200 g/mol. The van der Waals surface area contributed by atoms with E-state index < -0.39 is 0 Å². The lowest BCUT2D eigenvalue weighted by molar-refractivity contribution is -0.146. The molecule has 0 saturated heterocycles. The van der Waals surface area contributed by atoms with Crippen molar-refractivity contribution in [1.82, 2.24) is 0 Å². The van der Waals surface area contributed by atoms with Gasteiger partial charge in [-0.15, -0.1) is 0 Å². The van der Waals surface area contributed by atoms with Crippen LogP contribution >= 0.6 is 0 Å². The van der Waals surface area contributed by atoms with Crippen molar-refractivity contribution >= 4 is 5.97 Å². The highest BCUT2D eigenvalue weighted by molar-refractivity contribution is 5.75. The zero-order valence-electron chi connectivity index (χ0n) is 10.3. The second-order valence-electron chi connectivity index (χ2n) is 3.91. The zero-order chi connectivity index (χ0) is 12.0. The van der Waals surface area contributed by atoms with Crippen LogP contribution in [-0.4, -0.2) is 5.97 Å². The molecule has 0 N–H and O–H groups in total. The van der Waals surface area contributed by atoms with Gasteiger partial charge in [0.1, 0.15) is 6.61 Å². The highest BCUT2D eigenvalue weighted by atomic mass is 16.5. The average Bonchev–Trinajstić information content (AvgIpc) is 3.07. The number of benzene rings is 1. The van der Waals surface area contributed by atoms with Crippen molar-refractivity contribution < 1.29 is 9.53 Å². The van der Waals surface area contributed by atoms with Gasteiger partial charge in [-0.05, 0) is 17.9 Å². The number of carbonyl (C=O) groups excluding carboxylic acids is 1. The molecule has 0 bridgehead atoms. The van der Waals surface area contributed by atoms with Gasteiger partial charge in [0.2, 0.25) is 0 Å². The summed E-state index contributed by atoms with van der Waals surface area (Å²) in [6.07, 6.45) is 0.994.